The summed E-state index contributed by atoms with van der Waals surface area (Å²) in [7, 11) is 2.14. The third-order valence-electron chi connectivity index (χ3n) is 4.97. The molecule has 0 spiro atoms. The summed E-state index contributed by atoms with van der Waals surface area (Å²) in [5.41, 5.74) is 7.59. The Morgan fingerprint density at radius 2 is 1.52 bits per heavy atom. The van der Waals surface area contributed by atoms with Gasteiger partial charge in [0, 0.05) is 25.8 Å². The van der Waals surface area contributed by atoms with E-state index in [1.54, 1.807) is 11.3 Å². The molecule has 1 heterocycles. The summed E-state index contributed by atoms with van der Waals surface area (Å²) in [6.07, 6.45) is 2.31. The van der Waals surface area contributed by atoms with Crippen LogP contribution in [0.15, 0.2) is 30.3 Å². The Bertz CT molecular complexity index is 900. The number of benzene rings is 2. The van der Waals surface area contributed by atoms with Crippen LogP contribution < -0.4 is 9.80 Å². The summed E-state index contributed by atoms with van der Waals surface area (Å²) < 4.78 is 1.30. The average molecular weight is 412 g/mol. The highest BCUT2D eigenvalue weighted by molar-refractivity contribution is 7.22. The van der Waals surface area contributed by atoms with Crippen molar-refractivity contribution in [3.8, 4) is 0 Å². The van der Waals surface area contributed by atoms with Crippen LogP contribution in [0.3, 0.4) is 0 Å². The molecule has 0 atom stereocenters. The van der Waals surface area contributed by atoms with Crippen LogP contribution in [0.2, 0.25) is 0 Å². The fraction of sp³-hybridized carbons (Fsp3) is 0.480. The molecule has 3 rings (SSSR count). The number of nitrogens with zero attached hydrogens (tertiary/aromatic N) is 3. The van der Waals surface area contributed by atoms with Crippen molar-refractivity contribution in [1.82, 2.24) is 4.98 Å². The highest BCUT2D eigenvalue weighted by Gasteiger charge is 2.18. The largest absolute Gasteiger partial charge is 0.370 e. The normalized spacial score (nSPS) is 10.6. The Kier molecular flexibility index (Phi) is 8.51. The lowest BCUT2D eigenvalue weighted by molar-refractivity contribution is 0.748. The van der Waals surface area contributed by atoms with Gasteiger partial charge in [0.15, 0.2) is 5.13 Å². The van der Waals surface area contributed by atoms with E-state index < -0.39 is 0 Å². The van der Waals surface area contributed by atoms with E-state index in [-0.39, 0.29) is 0 Å². The maximum absolute atomic E-state index is 4.97. The van der Waals surface area contributed by atoms with Crippen LogP contribution in [0, 0.1) is 20.8 Å². The molecule has 1 aromatic heterocycles. The van der Waals surface area contributed by atoms with E-state index in [2.05, 4.69) is 81.8 Å². The molecule has 3 aromatic rings. The average Bonchev–Trinajstić information content (AvgIpc) is 3.13. The topological polar surface area (TPSA) is 19.4 Å². The van der Waals surface area contributed by atoms with Gasteiger partial charge in [-0.25, -0.2) is 4.98 Å². The Morgan fingerprint density at radius 1 is 0.931 bits per heavy atom. The minimum absolute atomic E-state index is 1.06. The highest BCUT2D eigenvalue weighted by atomic mass is 32.1. The van der Waals surface area contributed by atoms with E-state index in [1.165, 1.54) is 32.8 Å². The van der Waals surface area contributed by atoms with Gasteiger partial charge in [0.1, 0.15) is 0 Å². The van der Waals surface area contributed by atoms with Crippen molar-refractivity contribution < 1.29 is 0 Å². The van der Waals surface area contributed by atoms with Crippen LogP contribution in [-0.4, -0.2) is 25.1 Å². The zero-order chi connectivity index (χ0) is 21.6. The number of aromatic nitrogens is 1. The van der Waals surface area contributed by atoms with Gasteiger partial charge >= 0.3 is 0 Å². The molecule has 4 heteroatoms. The van der Waals surface area contributed by atoms with Gasteiger partial charge in [0.05, 0.1) is 15.9 Å². The van der Waals surface area contributed by atoms with Crippen molar-refractivity contribution in [3.05, 3.63) is 47.0 Å². The number of aryl methyl sites for hydroxylation is 3. The first kappa shape index (κ1) is 23.2. The highest BCUT2D eigenvalue weighted by Crippen LogP contribution is 2.39. The number of hydrogen-bond donors (Lipinski definition) is 0. The zero-order valence-corrected chi connectivity index (χ0v) is 20.3. The first-order valence-electron chi connectivity index (χ1n) is 10.9. The second kappa shape index (κ2) is 10.6. The van der Waals surface area contributed by atoms with E-state index >= 15 is 0 Å². The molecule has 0 saturated heterocycles. The maximum Gasteiger partial charge on any atom is 0.190 e. The van der Waals surface area contributed by atoms with Gasteiger partial charge in [-0.15, -0.1) is 0 Å². The number of hydrogen-bond acceptors (Lipinski definition) is 4. The van der Waals surface area contributed by atoms with Gasteiger partial charge in [0.25, 0.3) is 0 Å². The van der Waals surface area contributed by atoms with Crippen molar-refractivity contribution in [2.45, 2.75) is 61.3 Å². The lowest BCUT2D eigenvalue weighted by Crippen LogP contribution is -2.24. The Balaban J connectivity index is 0.00000145. The molecule has 0 amide bonds. The minimum atomic E-state index is 1.06. The van der Waals surface area contributed by atoms with Crippen LogP contribution in [-0.2, 0) is 0 Å². The van der Waals surface area contributed by atoms with Crippen LogP contribution in [0.4, 0.5) is 16.5 Å². The Labute approximate surface area is 181 Å². The van der Waals surface area contributed by atoms with E-state index in [4.69, 9.17) is 4.98 Å². The fourth-order valence-corrected chi connectivity index (χ4v) is 5.08. The van der Waals surface area contributed by atoms with Crippen LogP contribution in [0.5, 0.6) is 0 Å². The Hall–Kier alpha value is -2.07. The van der Waals surface area contributed by atoms with Crippen molar-refractivity contribution in [1.29, 1.82) is 0 Å². The molecule has 0 N–H and O–H groups in total. The first-order chi connectivity index (χ1) is 14.0. The molecule has 3 nitrogen and oxygen atoms in total. The smallest absolute Gasteiger partial charge is 0.190 e. The van der Waals surface area contributed by atoms with E-state index in [0.717, 1.165) is 36.6 Å². The lowest BCUT2D eigenvalue weighted by atomic mass is 10.0. The second-order valence-electron chi connectivity index (χ2n) is 7.42. The molecular formula is C25H37N3S. The van der Waals surface area contributed by atoms with Crippen molar-refractivity contribution in [3.63, 3.8) is 0 Å². The van der Waals surface area contributed by atoms with Gasteiger partial charge in [-0.05, 0) is 56.9 Å². The SMILES string of the molecule is CC.CCCN(CCC)c1cccc2nc(N(C)c3c(C)cc(C)cc3C)sc12. The predicted octanol–water partition coefficient (Wildman–Crippen LogP) is 7.64. The van der Waals surface area contributed by atoms with E-state index in [0.29, 0.717) is 0 Å². The zero-order valence-electron chi connectivity index (χ0n) is 19.5. The number of fused-ring (bicyclic) bond motifs is 1. The predicted molar refractivity (Wildman–Crippen MR) is 132 cm³/mol. The fourth-order valence-electron chi connectivity index (χ4n) is 4.00. The van der Waals surface area contributed by atoms with Gasteiger partial charge in [-0.3, -0.25) is 0 Å². The number of thiazole rings is 1. The van der Waals surface area contributed by atoms with Crippen LogP contribution >= 0.6 is 11.3 Å². The standard InChI is InChI=1S/C23H31N3S.C2H6/c1-7-12-26(13-8-2)20-11-9-10-19-22(20)27-23(24-19)25(6)21-17(4)14-16(3)15-18(21)5;1-2/h9-11,14-15H,7-8,12-13H2,1-6H3;1-2H3. The monoisotopic (exact) mass is 411 g/mol. The summed E-state index contributed by atoms with van der Waals surface area (Å²) in [5.74, 6) is 0. The maximum atomic E-state index is 4.97. The summed E-state index contributed by atoms with van der Waals surface area (Å²) in [4.78, 5) is 9.73. The molecule has 0 fully saturated rings. The van der Waals surface area contributed by atoms with E-state index in [1.807, 2.05) is 13.8 Å². The number of anilines is 3. The third-order valence-corrected chi connectivity index (χ3v) is 6.14. The molecule has 0 radical (unpaired) electrons. The molecule has 158 valence electrons. The van der Waals surface area contributed by atoms with Crippen molar-refractivity contribution in [2.24, 2.45) is 0 Å². The molecule has 0 unspecified atom stereocenters. The van der Waals surface area contributed by atoms with Gasteiger partial charge in [-0.1, -0.05) is 62.8 Å². The molecule has 29 heavy (non-hydrogen) atoms. The second-order valence-corrected chi connectivity index (χ2v) is 8.39. The summed E-state index contributed by atoms with van der Waals surface area (Å²) in [6.45, 7) is 17.2. The molecule has 0 saturated carbocycles. The summed E-state index contributed by atoms with van der Waals surface area (Å²) >= 11 is 1.80. The molecule has 0 aliphatic heterocycles. The first-order valence-corrected chi connectivity index (χ1v) is 11.7. The minimum Gasteiger partial charge on any atom is -0.370 e. The lowest BCUT2D eigenvalue weighted by Gasteiger charge is -2.24. The van der Waals surface area contributed by atoms with Gasteiger partial charge in [0.2, 0.25) is 0 Å². The van der Waals surface area contributed by atoms with Crippen molar-refractivity contribution in [2.75, 3.05) is 29.9 Å². The molecule has 0 bridgehead atoms. The van der Waals surface area contributed by atoms with Crippen LogP contribution in [0.1, 0.15) is 57.2 Å². The van der Waals surface area contributed by atoms with Gasteiger partial charge < -0.3 is 9.80 Å². The molecule has 0 aliphatic carbocycles. The Morgan fingerprint density at radius 3 is 2.07 bits per heavy atom. The van der Waals surface area contributed by atoms with E-state index in [9.17, 15) is 0 Å². The quantitative estimate of drug-likeness (QED) is 0.398. The van der Waals surface area contributed by atoms with Crippen LogP contribution in [0.25, 0.3) is 10.2 Å². The summed E-state index contributed by atoms with van der Waals surface area (Å²) in [6, 6.07) is 11.0. The number of rotatable bonds is 7. The van der Waals surface area contributed by atoms with Gasteiger partial charge in [-0.2, -0.15) is 0 Å². The molecule has 0 aliphatic rings. The molecular weight excluding hydrogens is 374 g/mol. The third kappa shape index (κ3) is 5.11. The molecule has 2 aromatic carbocycles. The van der Waals surface area contributed by atoms with Crippen molar-refractivity contribution >= 4 is 38.1 Å². The summed E-state index contributed by atoms with van der Waals surface area (Å²) in [5, 5.41) is 1.06.